The zero-order valence-electron chi connectivity index (χ0n) is 13.1. The molecule has 2 N–H and O–H groups in total. The first-order valence-electron chi connectivity index (χ1n) is 7.54. The van der Waals surface area contributed by atoms with Crippen molar-refractivity contribution in [3.8, 4) is 0 Å². The predicted molar refractivity (Wildman–Crippen MR) is 90.7 cm³/mol. The Balaban J connectivity index is 1.69. The number of carbonyl (C=O) groups excluding carboxylic acids is 1. The molecular formula is C18H17N3O3. The van der Waals surface area contributed by atoms with E-state index in [4.69, 9.17) is 0 Å². The van der Waals surface area contributed by atoms with Gasteiger partial charge in [-0.25, -0.2) is 4.68 Å². The number of carbonyl (C=O) groups is 1. The minimum absolute atomic E-state index is 0.0572. The Morgan fingerprint density at radius 2 is 1.92 bits per heavy atom. The fourth-order valence-electron chi connectivity index (χ4n) is 2.44. The quantitative estimate of drug-likeness (QED) is 0.760. The highest BCUT2D eigenvalue weighted by Gasteiger charge is 2.13. The topological polar surface area (TPSA) is 84.2 Å². The third-order valence-electron chi connectivity index (χ3n) is 3.81. The van der Waals surface area contributed by atoms with Crippen LogP contribution in [0, 0.1) is 0 Å². The highest BCUT2D eigenvalue weighted by molar-refractivity contribution is 5.92. The van der Waals surface area contributed by atoms with Gasteiger partial charge in [-0.1, -0.05) is 36.4 Å². The van der Waals surface area contributed by atoms with Crippen LogP contribution in [0.2, 0.25) is 0 Å². The molecular weight excluding hydrogens is 306 g/mol. The van der Waals surface area contributed by atoms with Crippen LogP contribution in [-0.4, -0.2) is 27.3 Å². The van der Waals surface area contributed by atoms with Crippen LogP contribution in [0.1, 0.15) is 22.2 Å². The predicted octanol–water partition coefficient (Wildman–Crippen LogP) is 1.40. The van der Waals surface area contributed by atoms with Crippen molar-refractivity contribution in [1.82, 2.24) is 15.1 Å². The van der Waals surface area contributed by atoms with Gasteiger partial charge in [-0.05, 0) is 28.5 Å². The lowest BCUT2D eigenvalue weighted by Crippen LogP contribution is -2.31. The molecule has 3 aromatic rings. The van der Waals surface area contributed by atoms with Crippen molar-refractivity contribution in [2.75, 3.05) is 6.54 Å². The second kappa shape index (κ2) is 6.64. The largest absolute Gasteiger partial charge is 0.387 e. The third-order valence-corrected chi connectivity index (χ3v) is 3.81. The Kier molecular flexibility index (Phi) is 4.39. The minimum Gasteiger partial charge on any atom is -0.387 e. The molecule has 24 heavy (non-hydrogen) atoms. The first kappa shape index (κ1) is 15.9. The molecule has 3 rings (SSSR count). The van der Waals surface area contributed by atoms with Gasteiger partial charge in [0, 0.05) is 19.7 Å². The molecule has 1 heterocycles. The van der Waals surface area contributed by atoms with Crippen LogP contribution < -0.4 is 10.9 Å². The average molecular weight is 323 g/mol. The number of aryl methyl sites for hydroxylation is 1. The summed E-state index contributed by atoms with van der Waals surface area (Å²) < 4.78 is 1.09. The smallest absolute Gasteiger partial charge is 0.271 e. The van der Waals surface area contributed by atoms with E-state index in [1.807, 2.05) is 42.5 Å². The number of aromatic nitrogens is 2. The summed E-state index contributed by atoms with van der Waals surface area (Å²) in [4.78, 5) is 23.3. The van der Waals surface area contributed by atoms with E-state index in [0.29, 0.717) is 0 Å². The van der Waals surface area contributed by atoms with Gasteiger partial charge in [-0.3, -0.25) is 9.59 Å². The van der Waals surface area contributed by atoms with E-state index in [1.54, 1.807) is 0 Å². The molecule has 0 fully saturated rings. The second-order valence-corrected chi connectivity index (χ2v) is 5.51. The number of aliphatic hydroxyl groups is 1. The van der Waals surface area contributed by atoms with Crippen molar-refractivity contribution in [2.24, 2.45) is 7.05 Å². The molecule has 0 radical (unpaired) electrons. The molecule has 0 aliphatic heterocycles. The molecule has 1 unspecified atom stereocenters. The van der Waals surface area contributed by atoms with E-state index in [0.717, 1.165) is 21.0 Å². The summed E-state index contributed by atoms with van der Waals surface area (Å²) >= 11 is 0. The summed E-state index contributed by atoms with van der Waals surface area (Å²) in [7, 11) is 1.48. The third kappa shape index (κ3) is 3.33. The van der Waals surface area contributed by atoms with E-state index >= 15 is 0 Å². The van der Waals surface area contributed by atoms with Crippen molar-refractivity contribution in [3.63, 3.8) is 0 Å². The van der Waals surface area contributed by atoms with E-state index in [-0.39, 0.29) is 17.8 Å². The molecule has 0 aliphatic carbocycles. The maximum atomic E-state index is 12.1. The maximum Gasteiger partial charge on any atom is 0.271 e. The first-order valence-corrected chi connectivity index (χ1v) is 7.54. The Hall–Kier alpha value is -2.99. The molecule has 0 saturated carbocycles. The van der Waals surface area contributed by atoms with Crippen molar-refractivity contribution in [2.45, 2.75) is 6.10 Å². The number of nitrogens with one attached hydrogen (secondary N) is 1. The van der Waals surface area contributed by atoms with Gasteiger partial charge in [-0.15, -0.1) is 0 Å². The number of hydrogen-bond donors (Lipinski definition) is 2. The van der Waals surface area contributed by atoms with Crippen molar-refractivity contribution in [3.05, 3.63) is 76.2 Å². The van der Waals surface area contributed by atoms with Crippen LogP contribution in [0.4, 0.5) is 0 Å². The molecule has 122 valence electrons. The van der Waals surface area contributed by atoms with Crippen LogP contribution in [0.3, 0.4) is 0 Å². The lowest BCUT2D eigenvalue weighted by atomic mass is 10.0. The Morgan fingerprint density at radius 3 is 2.67 bits per heavy atom. The Bertz CT molecular complexity index is 949. The van der Waals surface area contributed by atoms with Crippen LogP contribution in [-0.2, 0) is 7.05 Å². The van der Waals surface area contributed by atoms with Crippen molar-refractivity contribution >= 4 is 16.7 Å². The Labute approximate surface area is 138 Å². The zero-order chi connectivity index (χ0) is 17.1. The van der Waals surface area contributed by atoms with Gasteiger partial charge in [0.05, 0.1) is 6.10 Å². The molecule has 6 heteroatoms. The van der Waals surface area contributed by atoms with Gasteiger partial charge in [0.1, 0.15) is 5.69 Å². The number of nitrogens with zero attached hydrogens (tertiary/aromatic N) is 2. The number of benzene rings is 2. The molecule has 1 amide bonds. The molecule has 0 bridgehead atoms. The van der Waals surface area contributed by atoms with Gasteiger partial charge in [0.2, 0.25) is 0 Å². The monoisotopic (exact) mass is 323 g/mol. The average Bonchev–Trinajstić information content (AvgIpc) is 2.61. The number of hydrogen-bond acceptors (Lipinski definition) is 4. The SMILES string of the molecule is Cn1nc(C(=O)NCC(O)c2ccc3ccccc3c2)ccc1=O. The van der Waals surface area contributed by atoms with E-state index < -0.39 is 12.0 Å². The van der Waals surface area contributed by atoms with Crippen LogP contribution in [0.15, 0.2) is 59.4 Å². The van der Waals surface area contributed by atoms with Gasteiger partial charge in [0.25, 0.3) is 11.5 Å². The summed E-state index contributed by atoms with van der Waals surface area (Å²) in [5.74, 6) is -0.439. The van der Waals surface area contributed by atoms with Gasteiger partial charge in [0.15, 0.2) is 0 Å². The lowest BCUT2D eigenvalue weighted by molar-refractivity contribution is 0.0909. The number of fused-ring (bicyclic) bond motifs is 1. The van der Waals surface area contributed by atoms with Crippen LogP contribution >= 0.6 is 0 Å². The maximum absolute atomic E-state index is 12.1. The van der Waals surface area contributed by atoms with Gasteiger partial charge in [-0.2, -0.15) is 5.10 Å². The summed E-state index contributed by atoms with van der Waals surface area (Å²) in [6.07, 6.45) is -0.828. The summed E-state index contributed by atoms with van der Waals surface area (Å²) in [5, 5.41) is 18.9. The van der Waals surface area contributed by atoms with Crippen LogP contribution in [0.5, 0.6) is 0 Å². The zero-order valence-corrected chi connectivity index (χ0v) is 13.1. The number of rotatable bonds is 4. The second-order valence-electron chi connectivity index (χ2n) is 5.51. The first-order chi connectivity index (χ1) is 11.5. The number of aliphatic hydroxyl groups excluding tert-OH is 1. The standard InChI is InChI=1S/C18H17N3O3/c1-21-17(23)9-8-15(20-21)18(24)19-11-16(22)14-7-6-12-4-2-3-5-13(12)10-14/h2-10,16,22H,11H2,1H3,(H,19,24). The number of amides is 1. The molecule has 0 aliphatic rings. The van der Waals surface area contributed by atoms with E-state index in [9.17, 15) is 14.7 Å². The Morgan fingerprint density at radius 1 is 1.17 bits per heavy atom. The lowest BCUT2D eigenvalue weighted by Gasteiger charge is -2.13. The normalized spacial score (nSPS) is 12.1. The van der Waals surface area contributed by atoms with Gasteiger partial charge < -0.3 is 10.4 Å². The fraction of sp³-hybridized carbons (Fsp3) is 0.167. The molecule has 1 atom stereocenters. The molecule has 1 aromatic heterocycles. The van der Waals surface area contributed by atoms with Crippen LogP contribution in [0.25, 0.3) is 10.8 Å². The van der Waals surface area contributed by atoms with Gasteiger partial charge >= 0.3 is 0 Å². The molecule has 0 saturated heterocycles. The molecule has 6 nitrogen and oxygen atoms in total. The highest BCUT2D eigenvalue weighted by Crippen LogP contribution is 2.20. The summed E-state index contributed by atoms with van der Waals surface area (Å²) in [5.41, 5.74) is 0.563. The highest BCUT2D eigenvalue weighted by atomic mass is 16.3. The van der Waals surface area contributed by atoms with E-state index in [1.165, 1.54) is 19.2 Å². The summed E-state index contributed by atoms with van der Waals surface area (Å²) in [6, 6.07) is 16.2. The minimum atomic E-state index is -0.828. The molecule has 0 spiro atoms. The summed E-state index contributed by atoms with van der Waals surface area (Å²) in [6.45, 7) is 0.0572. The van der Waals surface area contributed by atoms with Crippen molar-refractivity contribution < 1.29 is 9.90 Å². The molecule has 2 aromatic carbocycles. The fourth-order valence-corrected chi connectivity index (χ4v) is 2.44. The van der Waals surface area contributed by atoms with E-state index in [2.05, 4.69) is 10.4 Å². The van der Waals surface area contributed by atoms with Crippen molar-refractivity contribution in [1.29, 1.82) is 0 Å².